The van der Waals surface area contributed by atoms with Gasteiger partial charge in [0.25, 0.3) is 5.91 Å². The Morgan fingerprint density at radius 1 is 1.16 bits per heavy atom. The number of halogens is 2. The van der Waals surface area contributed by atoms with Crippen LogP contribution < -0.4 is 15.4 Å². The summed E-state index contributed by atoms with van der Waals surface area (Å²) in [6.45, 7) is 7.57. The van der Waals surface area contributed by atoms with Crippen molar-refractivity contribution in [3.05, 3.63) is 64.6 Å². The Morgan fingerprint density at radius 3 is 2.59 bits per heavy atom. The fourth-order valence-corrected chi connectivity index (χ4v) is 3.33. The summed E-state index contributed by atoms with van der Waals surface area (Å²) in [5.74, 6) is -1.10. The molecule has 3 rings (SSSR count). The Bertz CT molecular complexity index is 1180. The monoisotopic (exact) mass is 457 g/mol. The zero-order valence-electron chi connectivity index (χ0n) is 18.4. The van der Waals surface area contributed by atoms with Crippen LogP contribution >= 0.6 is 11.6 Å². The van der Waals surface area contributed by atoms with Crippen LogP contribution in [0.1, 0.15) is 43.6 Å². The number of nitrogens with zero attached hydrogens (tertiary/aromatic N) is 1. The minimum Gasteiger partial charge on any atom is -0.493 e. The average molecular weight is 458 g/mol. The molecule has 0 fully saturated rings. The number of amides is 2. The van der Waals surface area contributed by atoms with E-state index in [0.717, 1.165) is 5.39 Å². The van der Waals surface area contributed by atoms with Crippen LogP contribution in [-0.2, 0) is 11.3 Å². The molecule has 0 aliphatic carbocycles. The predicted molar refractivity (Wildman–Crippen MR) is 124 cm³/mol. The summed E-state index contributed by atoms with van der Waals surface area (Å²) in [7, 11) is 0. The first kappa shape index (κ1) is 23.5. The molecule has 2 amide bonds. The smallest absolute Gasteiger partial charge is 0.260 e. The van der Waals surface area contributed by atoms with E-state index in [1.165, 1.54) is 12.1 Å². The van der Waals surface area contributed by atoms with E-state index in [1.807, 2.05) is 13.0 Å². The largest absolute Gasteiger partial charge is 0.493 e. The second kappa shape index (κ2) is 9.53. The highest BCUT2D eigenvalue weighted by atomic mass is 35.5. The number of pyridine rings is 1. The maximum Gasteiger partial charge on any atom is 0.260 e. The summed E-state index contributed by atoms with van der Waals surface area (Å²) in [6.07, 6.45) is 1.58. The number of rotatable bonds is 6. The Hall–Kier alpha value is -3.19. The van der Waals surface area contributed by atoms with Gasteiger partial charge in [0, 0.05) is 29.1 Å². The third-order valence-corrected chi connectivity index (χ3v) is 5.11. The number of benzene rings is 2. The first-order valence-corrected chi connectivity index (χ1v) is 10.6. The van der Waals surface area contributed by atoms with Gasteiger partial charge in [0.2, 0.25) is 5.91 Å². The summed E-state index contributed by atoms with van der Waals surface area (Å²) in [6, 6.07) is 9.87. The lowest BCUT2D eigenvalue weighted by Gasteiger charge is -2.18. The molecule has 0 atom stereocenters. The molecule has 168 valence electrons. The number of nitrogens with one attached hydrogen (secondary N) is 2. The molecule has 1 heterocycles. The summed E-state index contributed by atoms with van der Waals surface area (Å²) < 4.78 is 20.8. The molecular weight excluding hydrogens is 433 g/mol. The van der Waals surface area contributed by atoms with Crippen molar-refractivity contribution in [2.24, 2.45) is 5.41 Å². The Labute approximate surface area is 191 Å². The Balaban J connectivity index is 1.90. The first-order valence-electron chi connectivity index (χ1n) is 10.2. The molecule has 2 aromatic carbocycles. The maximum atomic E-state index is 15.2. The Morgan fingerprint density at radius 2 is 1.91 bits per heavy atom. The van der Waals surface area contributed by atoms with E-state index < -0.39 is 17.1 Å². The van der Waals surface area contributed by atoms with Crippen molar-refractivity contribution < 1.29 is 18.7 Å². The lowest BCUT2D eigenvalue weighted by Crippen LogP contribution is -2.34. The van der Waals surface area contributed by atoms with Gasteiger partial charge in [0.15, 0.2) is 0 Å². The van der Waals surface area contributed by atoms with E-state index in [-0.39, 0.29) is 28.6 Å². The quantitative estimate of drug-likeness (QED) is 0.523. The molecule has 0 aliphatic rings. The van der Waals surface area contributed by atoms with E-state index in [2.05, 4.69) is 15.6 Å². The molecule has 0 saturated carbocycles. The zero-order chi connectivity index (χ0) is 23.5. The van der Waals surface area contributed by atoms with Crippen molar-refractivity contribution in [2.45, 2.75) is 34.2 Å². The standard InChI is InChI=1S/C24H25ClFN3O3/c1-5-32-18-11-12-27-21-15(18)7-6-8-17(21)29-22(30)19-16(25)10-9-14(20(19)26)13-28-23(31)24(2,3)4/h6-12H,5,13H2,1-4H3,(H,28,31)(H,29,30). The fraction of sp³-hybridized carbons (Fsp3) is 0.292. The molecule has 0 saturated heterocycles. The third-order valence-electron chi connectivity index (χ3n) is 4.80. The molecule has 0 aliphatic heterocycles. The third kappa shape index (κ3) is 4.99. The van der Waals surface area contributed by atoms with E-state index in [4.69, 9.17) is 16.3 Å². The number of carbonyl (C=O) groups is 2. The van der Waals surface area contributed by atoms with Crippen LogP contribution in [0, 0.1) is 11.2 Å². The molecule has 32 heavy (non-hydrogen) atoms. The predicted octanol–water partition coefficient (Wildman–Crippen LogP) is 5.34. The van der Waals surface area contributed by atoms with Gasteiger partial charge < -0.3 is 15.4 Å². The van der Waals surface area contributed by atoms with Crippen molar-refractivity contribution >= 4 is 40.0 Å². The highest BCUT2D eigenvalue weighted by molar-refractivity contribution is 6.34. The van der Waals surface area contributed by atoms with Gasteiger partial charge in [0.05, 0.1) is 28.4 Å². The van der Waals surface area contributed by atoms with E-state index in [9.17, 15) is 9.59 Å². The number of hydrogen-bond donors (Lipinski definition) is 2. The number of anilines is 1. The van der Waals surface area contributed by atoms with Gasteiger partial charge in [-0.1, -0.05) is 44.5 Å². The van der Waals surface area contributed by atoms with Crippen LogP contribution in [-0.4, -0.2) is 23.4 Å². The lowest BCUT2D eigenvalue weighted by atomic mass is 9.95. The van der Waals surface area contributed by atoms with Crippen molar-refractivity contribution in [1.29, 1.82) is 0 Å². The van der Waals surface area contributed by atoms with Crippen LogP contribution in [0.15, 0.2) is 42.6 Å². The molecule has 8 heteroatoms. The lowest BCUT2D eigenvalue weighted by molar-refractivity contribution is -0.128. The summed E-state index contributed by atoms with van der Waals surface area (Å²) >= 11 is 6.16. The van der Waals surface area contributed by atoms with Crippen LogP contribution in [0.3, 0.4) is 0 Å². The molecule has 0 unspecified atom stereocenters. The van der Waals surface area contributed by atoms with Crippen molar-refractivity contribution in [3.63, 3.8) is 0 Å². The van der Waals surface area contributed by atoms with Gasteiger partial charge in [-0.25, -0.2) is 4.39 Å². The number of hydrogen-bond acceptors (Lipinski definition) is 4. The second-order valence-corrected chi connectivity index (χ2v) is 8.63. The van der Waals surface area contributed by atoms with E-state index >= 15 is 4.39 Å². The SMILES string of the molecule is CCOc1ccnc2c(NC(=O)c3c(Cl)ccc(CNC(=O)C(C)(C)C)c3F)cccc12. The van der Waals surface area contributed by atoms with Crippen molar-refractivity contribution in [2.75, 3.05) is 11.9 Å². The summed E-state index contributed by atoms with van der Waals surface area (Å²) in [4.78, 5) is 29.4. The van der Waals surface area contributed by atoms with Crippen LogP contribution in [0.4, 0.5) is 10.1 Å². The van der Waals surface area contributed by atoms with Crippen LogP contribution in [0.5, 0.6) is 5.75 Å². The van der Waals surface area contributed by atoms with Crippen molar-refractivity contribution in [3.8, 4) is 5.75 Å². The molecule has 0 radical (unpaired) electrons. The highest BCUT2D eigenvalue weighted by Gasteiger charge is 2.23. The molecule has 3 aromatic rings. The molecule has 1 aromatic heterocycles. The maximum absolute atomic E-state index is 15.2. The minimum atomic E-state index is -0.785. The molecule has 0 spiro atoms. The van der Waals surface area contributed by atoms with Gasteiger partial charge in [-0.3, -0.25) is 14.6 Å². The number of fused-ring (bicyclic) bond motifs is 1. The van der Waals surface area contributed by atoms with Gasteiger partial charge in [0.1, 0.15) is 11.6 Å². The van der Waals surface area contributed by atoms with Crippen LogP contribution in [0.2, 0.25) is 5.02 Å². The number of aromatic nitrogens is 1. The van der Waals surface area contributed by atoms with Gasteiger partial charge >= 0.3 is 0 Å². The zero-order valence-corrected chi connectivity index (χ0v) is 19.1. The van der Waals surface area contributed by atoms with Crippen molar-refractivity contribution in [1.82, 2.24) is 10.3 Å². The van der Waals surface area contributed by atoms with E-state index in [0.29, 0.717) is 23.6 Å². The first-order chi connectivity index (χ1) is 15.1. The number of ether oxygens (including phenoxy) is 1. The summed E-state index contributed by atoms with van der Waals surface area (Å²) in [5.41, 5.74) is 0.150. The number of carbonyl (C=O) groups excluding carboxylic acids is 2. The van der Waals surface area contributed by atoms with Crippen LogP contribution in [0.25, 0.3) is 10.9 Å². The van der Waals surface area contributed by atoms with Gasteiger partial charge in [-0.2, -0.15) is 0 Å². The Kier molecular flexibility index (Phi) is 6.99. The van der Waals surface area contributed by atoms with Gasteiger partial charge in [-0.15, -0.1) is 0 Å². The normalized spacial score (nSPS) is 11.3. The number of para-hydroxylation sites is 1. The topological polar surface area (TPSA) is 80.3 Å². The second-order valence-electron chi connectivity index (χ2n) is 8.23. The molecule has 0 bridgehead atoms. The molecule has 6 nitrogen and oxygen atoms in total. The summed E-state index contributed by atoms with van der Waals surface area (Å²) in [5, 5.41) is 6.07. The average Bonchev–Trinajstić information content (AvgIpc) is 2.73. The van der Waals surface area contributed by atoms with Gasteiger partial charge in [-0.05, 0) is 31.2 Å². The van der Waals surface area contributed by atoms with E-state index in [1.54, 1.807) is 45.2 Å². The highest BCUT2D eigenvalue weighted by Crippen LogP contribution is 2.30. The molecule has 2 N–H and O–H groups in total. The minimum absolute atomic E-state index is 0.0332. The molecular formula is C24H25ClFN3O3. The fourth-order valence-electron chi connectivity index (χ4n) is 3.10.